The molecule has 28 heavy (non-hydrogen) atoms. The number of nitrogens with one attached hydrogen (secondary N) is 2. The van der Waals surface area contributed by atoms with Crippen molar-refractivity contribution in [2.24, 2.45) is 5.92 Å². The van der Waals surface area contributed by atoms with Gasteiger partial charge in [-0.2, -0.15) is 0 Å². The average Bonchev–Trinajstić information content (AvgIpc) is 3.27. The maximum atomic E-state index is 12.7. The van der Waals surface area contributed by atoms with Crippen LogP contribution in [0.5, 0.6) is 0 Å². The van der Waals surface area contributed by atoms with E-state index in [2.05, 4.69) is 10.6 Å². The fraction of sp³-hybridized carbons (Fsp3) is 0.250. The number of hydrogen-bond acceptors (Lipinski definition) is 2. The quantitative estimate of drug-likeness (QED) is 0.669. The molecule has 0 aliphatic heterocycles. The zero-order valence-electron chi connectivity index (χ0n) is 15.8. The van der Waals surface area contributed by atoms with Crippen LogP contribution < -0.4 is 10.6 Å². The van der Waals surface area contributed by atoms with Crippen LogP contribution in [0.4, 0.5) is 5.69 Å². The monoisotopic (exact) mass is 372 g/mol. The Morgan fingerprint density at radius 2 is 1.64 bits per heavy atom. The van der Waals surface area contributed by atoms with Gasteiger partial charge in [-0.25, -0.2) is 0 Å². The van der Waals surface area contributed by atoms with Crippen molar-refractivity contribution in [1.82, 2.24) is 5.32 Å². The third kappa shape index (κ3) is 4.06. The van der Waals surface area contributed by atoms with Crippen molar-refractivity contribution in [3.8, 4) is 0 Å². The van der Waals surface area contributed by atoms with E-state index in [1.165, 1.54) is 0 Å². The second-order valence-corrected chi connectivity index (χ2v) is 7.38. The maximum absolute atomic E-state index is 12.7. The molecule has 0 aromatic heterocycles. The Morgan fingerprint density at radius 1 is 0.893 bits per heavy atom. The van der Waals surface area contributed by atoms with Gasteiger partial charge in [-0.05, 0) is 47.4 Å². The molecule has 0 heterocycles. The molecule has 4 rings (SSSR count). The van der Waals surface area contributed by atoms with E-state index in [9.17, 15) is 9.59 Å². The first-order valence-electron chi connectivity index (χ1n) is 9.86. The minimum Gasteiger partial charge on any atom is -0.348 e. The molecule has 0 atom stereocenters. The Kier molecular flexibility index (Phi) is 5.38. The van der Waals surface area contributed by atoms with E-state index >= 15 is 0 Å². The summed E-state index contributed by atoms with van der Waals surface area (Å²) < 4.78 is 0. The van der Waals surface area contributed by atoms with E-state index in [1.807, 2.05) is 66.7 Å². The van der Waals surface area contributed by atoms with Gasteiger partial charge in [0.25, 0.3) is 5.91 Å². The summed E-state index contributed by atoms with van der Waals surface area (Å²) in [7, 11) is 0. The summed E-state index contributed by atoms with van der Waals surface area (Å²) in [5.74, 6) is 0.140. The van der Waals surface area contributed by atoms with E-state index in [0.717, 1.165) is 47.7 Å². The number of carbonyl (C=O) groups excluding carboxylic acids is 2. The minimum atomic E-state index is -0.0998. The van der Waals surface area contributed by atoms with Crippen LogP contribution in [0, 0.1) is 5.92 Å². The second-order valence-electron chi connectivity index (χ2n) is 7.38. The molecule has 0 unspecified atom stereocenters. The van der Waals surface area contributed by atoms with Crippen molar-refractivity contribution < 1.29 is 9.59 Å². The highest BCUT2D eigenvalue weighted by Crippen LogP contribution is 2.26. The number of amides is 2. The molecule has 1 aliphatic carbocycles. The van der Waals surface area contributed by atoms with E-state index in [-0.39, 0.29) is 17.7 Å². The molecule has 4 nitrogen and oxygen atoms in total. The summed E-state index contributed by atoms with van der Waals surface area (Å²) in [6.45, 7) is 0.412. The molecule has 0 saturated heterocycles. The number of rotatable bonds is 5. The summed E-state index contributed by atoms with van der Waals surface area (Å²) in [5, 5.41) is 8.00. The van der Waals surface area contributed by atoms with Crippen molar-refractivity contribution in [2.75, 3.05) is 5.32 Å². The Balaban J connectivity index is 1.42. The smallest absolute Gasteiger partial charge is 0.252 e. The number of hydrogen-bond donors (Lipinski definition) is 2. The highest BCUT2D eigenvalue weighted by Gasteiger charge is 2.22. The van der Waals surface area contributed by atoms with Crippen LogP contribution >= 0.6 is 0 Å². The first-order chi connectivity index (χ1) is 13.7. The van der Waals surface area contributed by atoms with Gasteiger partial charge < -0.3 is 10.6 Å². The molecule has 4 heteroatoms. The van der Waals surface area contributed by atoms with Gasteiger partial charge in [0, 0.05) is 23.7 Å². The molecule has 0 radical (unpaired) electrons. The van der Waals surface area contributed by atoms with Crippen LogP contribution in [0.1, 0.15) is 41.6 Å². The van der Waals surface area contributed by atoms with Crippen LogP contribution in [0.25, 0.3) is 10.8 Å². The molecule has 0 bridgehead atoms. The largest absolute Gasteiger partial charge is 0.348 e. The van der Waals surface area contributed by atoms with Gasteiger partial charge in [0.2, 0.25) is 5.91 Å². The van der Waals surface area contributed by atoms with Crippen molar-refractivity contribution >= 4 is 28.3 Å². The van der Waals surface area contributed by atoms with Crippen molar-refractivity contribution in [1.29, 1.82) is 0 Å². The lowest BCUT2D eigenvalue weighted by Gasteiger charge is -2.12. The van der Waals surface area contributed by atoms with Crippen molar-refractivity contribution in [2.45, 2.75) is 32.2 Å². The number of benzene rings is 3. The van der Waals surface area contributed by atoms with Gasteiger partial charge in [0.1, 0.15) is 0 Å². The van der Waals surface area contributed by atoms with Gasteiger partial charge in [-0.15, -0.1) is 0 Å². The summed E-state index contributed by atoms with van der Waals surface area (Å²) in [5.41, 5.74) is 2.41. The lowest BCUT2D eigenvalue weighted by Crippen LogP contribution is -2.23. The average molecular weight is 372 g/mol. The molecular formula is C24H24N2O2. The lowest BCUT2D eigenvalue weighted by atomic mass is 10.0. The molecule has 1 fully saturated rings. The van der Waals surface area contributed by atoms with E-state index < -0.39 is 0 Å². The fourth-order valence-electron chi connectivity index (χ4n) is 3.89. The topological polar surface area (TPSA) is 58.2 Å². The molecule has 3 aromatic rings. The molecule has 1 saturated carbocycles. The molecule has 3 aromatic carbocycles. The highest BCUT2D eigenvalue weighted by molar-refractivity contribution is 6.07. The van der Waals surface area contributed by atoms with Crippen LogP contribution in [0.3, 0.4) is 0 Å². The van der Waals surface area contributed by atoms with Crippen LogP contribution in [-0.2, 0) is 11.3 Å². The first-order valence-corrected chi connectivity index (χ1v) is 9.86. The zero-order chi connectivity index (χ0) is 19.3. The lowest BCUT2D eigenvalue weighted by molar-refractivity contribution is -0.119. The molecule has 2 amide bonds. The first kappa shape index (κ1) is 18.2. The van der Waals surface area contributed by atoms with Crippen molar-refractivity contribution in [3.63, 3.8) is 0 Å². The molecule has 1 aliphatic rings. The third-order valence-corrected chi connectivity index (χ3v) is 5.41. The minimum absolute atomic E-state index is 0.0998. The SMILES string of the molecule is O=C(NCc1cccc(NC(=O)C2CCCC2)c1)c1cccc2ccccc12. The van der Waals surface area contributed by atoms with Gasteiger partial charge in [-0.1, -0.05) is 61.4 Å². The molecule has 142 valence electrons. The fourth-order valence-corrected chi connectivity index (χ4v) is 3.89. The molecular weight excluding hydrogens is 348 g/mol. The predicted molar refractivity (Wildman–Crippen MR) is 112 cm³/mol. The highest BCUT2D eigenvalue weighted by atomic mass is 16.2. The predicted octanol–water partition coefficient (Wildman–Crippen LogP) is 4.90. The summed E-state index contributed by atoms with van der Waals surface area (Å²) >= 11 is 0. The Hall–Kier alpha value is -3.14. The van der Waals surface area contributed by atoms with Crippen LogP contribution in [-0.4, -0.2) is 11.8 Å². The Bertz CT molecular complexity index is 1000. The van der Waals surface area contributed by atoms with Gasteiger partial charge in [0.05, 0.1) is 0 Å². The number of fused-ring (bicyclic) bond motifs is 1. The number of anilines is 1. The third-order valence-electron chi connectivity index (χ3n) is 5.41. The van der Waals surface area contributed by atoms with Gasteiger partial charge in [-0.3, -0.25) is 9.59 Å². The standard InChI is InChI=1S/C24H24N2O2/c27-23(19-9-1-2-10-19)26-20-12-5-7-17(15-20)16-25-24(28)22-14-6-11-18-8-3-4-13-21(18)22/h3-8,11-15,19H,1-2,9-10,16H2,(H,25,28)(H,26,27). The maximum Gasteiger partial charge on any atom is 0.252 e. The van der Waals surface area contributed by atoms with Crippen LogP contribution in [0.2, 0.25) is 0 Å². The Morgan fingerprint density at radius 3 is 2.50 bits per heavy atom. The van der Waals surface area contributed by atoms with E-state index in [1.54, 1.807) is 0 Å². The van der Waals surface area contributed by atoms with Gasteiger partial charge >= 0.3 is 0 Å². The summed E-state index contributed by atoms with van der Waals surface area (Å²) in [4.78, 5) is 25.0. The van der Waals surface area contributed by atoms with E-state index in [4.69, 9.17) is 0 Å². The number of carbonyl (C=O) groups is 2. The van der Waals surface area contributed by atoms with E-state index in [0.29, 0.717) is 12.1 Å². The Labute approximate surface area is 165 Å². The summed E-state index contributed by atoms with van der Waals surface area (Å²) in [6.07, 6.45) is 4.23. The van der Waals surface area contributed by atoms with Crippen molar-refractivity contribution in [3.05, 3.63) is 77.9 Å². The zero-order valence-corrected chi connectivity index (χ0v) is 15.8. The second kappa shape index (κ2) is 8.26. The molecule has 2 N–H and O–H groups in total. The summed E-state index contributed by atoms with van der Waals surface area (Å²) in [6, 6.07) is 21.3. The normalized spacial score (nSPS) is 14.1. The van der Waals surface area contributed by atoms with Crippen LogP contribution in [0.15, 0.2) is 66.7 Å². The van der Waals surface area contributed by atoms with Gasteiger partial charge in [0.15, 0.2) is 0 Å². The molecule has 0 spiro atoms.